The van der Waals surface area contributed by atoms with E-state index in [0.29, 0.717) is 11.6 Å². The molecule has 5 heteroatoms. The van der Waals surface area contributed by atoms with Gasteiger partial charge in [-0.25, -0.2) is 9.37 Å². The van der Waals surface area contributed by atoms with Gasteiger partial charge in [-0.05, 0) is 36.8 Å². The van der Waals surface area contributed by atoms with Gasteiger partial charge in [0, 0.05) is 12.6 Å². The molecule has 2 heterocycles. The van der Waals surface area contributed by atoms with Crippen molar-refractivity contribution in [3.05, 3.63) is 72.2 Å². The lowest BCUT2D eigenvalue weighted by molar-refractivity contribution is 0.627. The quantitative estimate of drug-likeness (QED) is 0.597. The average Bonchev–Trinajstić information content (AvgIpc) is 3.00. The van der Waals surface area contributed by atoms with Crippen molar-refractivity contribution in [1.82, 2.24) is 14.5 Å². The molecule has 0 aliphatic carbocycles. The molecule has 0 spiro atoms. The summed E-state index contributed by atoms with van der Waals surface area (Å²) < 4.78 is 15.6. The molecule has 4 aromatic rings. The number of aromatic nitrogens is 3. The van der Waals surface area contributed by atoms with Crippen molar-refractivity contribution in [2.75, 3.05) is 12.4 Å². The molecule has 0 aliphatic heterocycles. The Bertz CT molecular complexity index is 1070. The third-order valence-corrected chi connectivity index (χ3v) is 4.25. The maximum atomic E-state index is 13.7. The predicted octanol–water partition coefficient (Wildman–Crippen LogP) is 4.58. The van der Waals surface area contributed by atoms with E-state index in [0.717, 1.165) is 27.9 Å². The van der Waals surface area contributed by atoms with E-state index in [1.807, 2.05) is 34.9 Å². The second-order valence-corrected chi connectivity index (χ2v) is 5.87. The maximum absolute atomic E-state index is 13.7. The maximum Gasteiger partial charge on any atom is 0.208 e. The minimum absolute atomic E-state index is 0.283. The van der Waals surface area contributed by atoms with Crippen molar-refractivity contribution in [1.29, 1.82) is 0 Å². The standard InChI is InChI=1S/C20H17FN4/c1-13-6-3-4-9-16(13)17-11-19-18(12-23-17)24-20(22-2)25(19)15-8-5-7-14(21)10-15/h3-12H,1-2H3,(H,22,24). The Balaban J connectivity index is 1.98. The summed E-state index contributed by atoms with van der Waals surface area (Å²) in [5, 5.41) is 3.08. The Hall–Kier alpha value is -3.21. The number of benzene rings is 2. The van der Waals surface area contributed by atoms with Crippen molar-refractivity contribution in [3.63, 3.8) is 0 Å². The van der Waals surface area contributed by atoms with Gasteiger partial charge >= 0.3 is 0 Å². The predicted molar refractivity (Wildman–Crippen MR) is 98.5 cm³/mol. The van der Waals surface area contributed by atoms with E-state index < -0.39 is 0 Å². The molecule has 2 aromatic heterocycles. The van der Waals surface area contributed by atoms with Gasteiger partial charge in [0.15, 0.2) is 0 Å². The van der Waals surface area contributed by atoms with Crippen molar-refractivity contribution in [2.24, 2.45) is 0 Å². The molecular formula is C20H17FN4. The van der Waals surface area contributed by atoms with Gasteiger partial charge in [-0.2, -0.15) is 0 Å². The van der Waals surface area contributed by atoms with Crippen molar-refractivity contribution >= 4 is 17.0 Å². The van der Waals surface area contributed by atoms with Gasteiger partial charge in [0.1, 0.15) is 11.3 Å². The number of nitrogens with zero attached hydrogens (tertiary/aromatic N) is 3. The van der Waals surface area contributed by atoms with Gasteiger partial charge in [0.25, 0.3) is 0 Å². The number of anilines is 1. The van der Waals surface area contributed by atoms with Crippen LogP contribution in [0.25, 0.3) is 28.0 Å². The number of fused-ring (bicyclic) bond motifs is 1. The molecule has 0 amide bonds. The van der Waals surface area contributed by atoms with Crippen LogP contribution in [-0.2, 0) is 0 Å². The number of halogens is 1. The molecule has 4 rings (SSSR count). The Morgan fingerprint density at radius 3 is 2.64 bits per heavy atom. The lowest BCUT2D eigenvalue weighted by Gasteiger charge is -2.10. The zero-order valence-corrected chi connectivity index (χ0v) is 14.0. The van der Waals surface area contributed by atoms with Crippen LogP contribution in [0.5, 0.6) is 0 Å². The van der Waals surface area contributed by atoms with Crippen molar-refractivity contribution in [3.8, 4) is 16.9 Å². The van der Waals surface area contributed by atoms with Crippen molar-refractivity contribution in [2.45, 2.75) is 6.92 Å². The lowest BCUT2D eigenvalue weighted by atomic mass is 10.1. The van der Waals surface area contributed by atoms with Gasteiger partial charge in [0.05, 0.1) is 23.1 Å². The summed E-state index contributed by atoms with van der Waals surface area (Å²) in [6, 6.07) is 16.6. The van der Waals surface area contributed by atoms with Crippen LogP contribution in [0, 0.1) is 12.7 Å². The van der Waals surface area contributed by atoms with E-state index in [2.05, 4.69) is 28.3 Å². The van der Waals surface area contributed by atoms with Crippen LogP contribution in [0.1, 0.15) is 5.56 Å². The second kappa shape index (κ2) is 6.02. The third kappa shape index (κ3) is 2.63. The highest BCUT2D eigenvalue weighted by Crippen LogP contribution is 2.29. The van der Waals surface area contributed by atoms with Gasteiger partial charge in [-0.3, -0.25) is 9.55 Å². The van der Waals surface area contributed by atoms with Gasteiger partial charge in [-0.1, -0.05) is 30.3 Å². The molecule has 0 saturated heterocycles. The minimum Gasteiger partial charge on any atom is -0.358 e. The summed E-state index contributed by atoms with van der Waals surface area (Å²) in [4.78, 5) is 9.12. The van der Waals surface area contributed by atoms with E-state index >= 15 is 0 Å². The fourth-order valence-electron chi connectivity index (χ4n) is 3.03. The average molecular weight is 332 g/mol. The Morgan fingerprint density at radius 2 is 1.88 bits per heavy atom. The molecule has 0 radical (unpaired) electrons. The van der Waals surface area contributed by atoms with Crippen LogP contribution in [-0.4, -0.2) is 21.6 Å². The number of aryl methyl sites for hydroxylation is 1. The highest BCUT2D eigenvalue weighted by Gasteiger charge is 2.14. The fourth-order valence-corrected chi connectivity index (χ4v) is 3.03. The molecule has 0 atom stereocenters. The zero-order valence-electron chi connectivity index (χ0n) is 14.0. The first-order chi connectivity index (χ1) is 12.2. The zero-order chi connectivity index (χ0) is 17.4. The first-order valence-electron chi connectivity index (χ1n) is 8.05. The van der Waals surface area contributed by atoms with E-state index in [9.17, 15) is 4.39 Å². The molecule has 0 bridgehead atoms. The molecule has 25 heavy (non-hydrogen) atoms. The summed E-state index contributed by atoms with van der Waals surface area (Å²) in [6.07, 6.45) is 1.76. The van der Waals surface area contributed by atoms with Crippen LogP contribution in [0.4, 0.5) is 10.3 Å². The molecule has 0 fully saturated rings. The molecule has 0 saturated carbocycles. The second-order valence-electron chi connectivity index (χ2n) is 5.87. The Morgan fingerprint density at radius 1 is 1.04 bits per heavy atom. The van der Waals surface area contributed by atoms with E-state index in [4.69, 9.17) is 0 Å². The third-order valence-electron chi connectivity index (χ3n) is 4.25. The first kappa shape index (κ1) is 15.3. The Labute approximate surface area is 145 Å². The highest BCUT2D eigenvalue weighted by molar-refractivity contribution is 5.84. The van der Waals surface area contributed by atoms with Gasteiger partial charge in [0.2, 0.25) is 5.95 Å². The van der Waals surface area contributed by atoms with Crippen LogP contribution in [0.2, 0.25) is 0 Å². The normalized spacial score (nSPS) is 11.0. The fraction of sp³-hybridized carbons (Fsp3) is 0.100. The minimum atomic E-state index is -0.283. The van der Waals surface area contributed by atoms with Crippen molar-refractivity contribution < 1.29 is 4.39 Å². The topological polar surface area (TPSA) is 42.7 Å². The van der Waals surface area contributed by atoms with Crippen LogP contribution < -0.4 is 5.32 Å². The number of hydrogen-bond donors (Lipinski definition) is 1. The van der Waals surface area contributed by atoms with Crippen LogP contribution in [0.3, 0.4) is 0 Å². The number of nitrogens with one attached hydrogen (secondary N) is 1. The molecule has 0 unspecified atom stereocenters. The molecular weight excluding hydrogens is 315 g/mol. The summed E-state index contributed by atoms with van der Waals surface area (Å²) in [5.41, 5.74) is 5.44. The van der Waals surface area contributed by atoms with Gasteiger partial charge in [-0.15, -0.1) is 0 Å². The number of pyridine rings is 1. The molecule has 124 valence electrons. The SMILES string of the molecule is CNc1nc2cnc(-c3ccccc3C)cc2n1-c1cccc(F)c1. The number of hydrogen-bond acceptors (Lipinski definition) is 3. The summed E-state index contributed by atoms with van der Waals surface area (Å²) in [7, 11) is 1.80. The Kier molecular flexibility index (Phi) is 3.69. The summed E-state index contributed by atoms with van der Waals surface area (Å²) in [5.74, 6) is 0.360. The number of rotatable bonds is 3. The molecule has 1 N–H and O–H groups in total. The lowest BCUT2D eigenvalue weighted by Crippen LogP contribution is -2.01. The van der Waals surface area contributed by atoms with E-state index in [-0.39, 0.29) is 5.82 Å². The highest BCUT2D eigenvalue weighted by atomic mass is 19.1. The number of imidazole rings is 1. The summed E-state index contributed by atoms with van der Waals surface area (Å²) in [6.45, 7) is 2.06. The summed E-state index contributed by atoms with van der Waals surface area (Å²) >= 11 is 0. The largest absolute Gasteiger partial charge is 0.358 e. The molecule has 0 aliphatic rings. The van der Waals surface area contributed by atoms with Gasteiger partial charge < -0.3 is 5.32 Å². The van der Waals surface area contributed by atoms with E-state index in [1.54, 1.807) is 19.3 Å². The first-order valence-corrected chi connectivity index (χ1v) is 8.05. The van der Waals surface area contributed by atoms with Crippen LogP contribution in [0.15, 0.2) is 60.8 Å². The molecule has 2 aromatic carbocycles. The molecule has 4 nitrogen and oxygen atoms in total. The smallest absolute Gasteiger partial charge is 0.208 e. The van der Waals surface area contributed by atoms with Crippen LogP contribution >= 0.6 is 0 Å². The van der Waals surface area contributed by atoms with E-state index in [1.165, 1.54) is 12.1 Å². The monoisotopic (exact) mass is 332 g/mol.